The molecule has 0 amide bonds. The monoisotopic (exact) mass is 178 g/mol. The van der Waals surface area contributed by atoms with Crippen LogP contribution in [0.5, 0.6) is 0 Å². The van der Waals surface area contributed by atoms with Gasteiger partial charge in [-0.3, -0.25) is 0 Å². The van der Waals surface area contributed by atoms with Crippen LogP contribution in [0, 0.1) is 0 Å². The highest BCUT2D eigenvalue weighted by atomic mass is 32.2. The largest absolute Gasteiger partial charge is 0.305 e. The summed E-state index contributed by atoms with van der Waals surface area (Å²) >= 11 is 0. The summed E-state index contributed by atoms with van der Waals surface area (Å²) in [6, 6.07) is 0. The van der Waals surface area contributed by atoms with Crippen LogP contribution in [0.1, 0.15) is 6.42 Å². The van der Waals surface area contributed by atoms with Gasteiger partial charge in [0.25, 0.3) is 0 Å². The number of hydrogen-bond acceptors (Lipinski definition) is 3. The van der Waals surface area contributed by atoms with Gasteiger partial charge in [-0.2, -0.15) is 0 Å². The van der Waals surface area contributed by atoms with E-state index in [1.165, 1.54) is 4.31 Å². The van der Waals surface area contributed by atoms with Gasteiger partial charge in [0.2, 0.25) is 10.9 Å². The first-order chi connectivity index (χ1) is 5.20. The van der Waals surface area contributed by atoms with E-state index < -0.39 is 10.9 Å². The highest BCUT2D eigenvalue weighted by Gasteiger charge is 2.12. The lowest BCUT2D eigenvalue weighted by atomic mass is 10.4. The fourth-order valence-corrected chi connectivity index (χ4v) is 1.75. The molecule has 1 aliphatic rings. The first kappa shape index (κ1) is 8.96. The molecule has 1 heterocycles. The molecule has 0 spiro atoms. The van der Waals surface area contributed by atoms with E-state index in [0.29, 0.717) is 13.1 Å². The topological polar surface area (TPSA) is 40.6 Å². The first-order valence-electron chi connectivity index (χ1n) is 3.78. The highest BCUT2D eigenvalue weighted by Crippen LogP contribution is 1.99. The van der Waals surface area contributed by atoms with Crippen LogP contribution >= 0.6 is 0 Å². The third kappa shape index (κ3) is 2.76. The van der Waals surface area contributed by atoms with Crippen molar-refractivity contribution in [2.24, 2.45) is 0 Å². The molecule has 66 valence electrons. The van der Waals surface area contributed by atoms with E-state index in [1.54, 1.807) is 0 Å². The van der Waals surface area contributed by atoms with Crippen molar-refractivity contribution in [3.05, 3.63) is 0 Å². The van der Waals surface area contributed by atoms with Crippen LogP contribution < -0.4 is 0 Å². The Morgan fingerprint density at radius 2 is 1.82 bits per heavy atom. The Hall–Kier alpha value is -0.130. The van der Waals surface area contributed by atoms with E-state index in [0.717, 1.165) is 19.5 Å². The molecular weight excluding hydrogens is 164 g/mol. The molecule has 5 heteroatoms. The van der Waals surface area contributed by atoms with Crippen molar-refractivity contribution in [2.45, 2.75) is 6.42 Å². The zero-order valence-electron chi connectivity index (χ0n) is 6.69. The average Bonchev–Trinajstić information content (AvgIpc) is 2.13. The van der Waals surface area contributed by atoms with E-state index in [9.17, 15) is 8.42 Å². The summed E-state index contributed by atoms with van der Waals surface area (Å²) in [4.78, 5) is 2.15. The van der Waals surface area contributed by atoms with E-state index in [4.69, 9.17) is 0 Å². The van der Waals surface area contributed by atoms with Crippen molar-refractivity contribution in [1.82, 2.24) is 9.21 Å². The van der Waals surface area contributed by atoms with E-state index in [1.807, 2.05) is 7.05 Å². The van der Waals surface area contributed by atoms with Crippen LogP contribution in [0.2, 0.25) is 0 Å². The number of thiol groups is 1. The van der Waals surface area contributed by atoms with E-state index in [-0.39, 0.29) is 0 Å². The normalized spacial score (nSPS) is 23.8. The van der Waals surface area contributed by atoms with Crippen molar-refractivity contribution >= 4 is 10.9 Å². The maximum atomic E-state index is 10.6. The summed E-state index contributed by atoms with van der Waals surface area (Å²) in [6.45, 7) is 3.18. The van der Waals surface area contributed by atoms with Crippen molar-refractivity contribution in [3.8, 4) is 0 Å². The van der Waals surface area contributed by atoms with Gasteiger partial charge in [0.15, 0.2) is 0 Å². The molecule has 0 bridgehead atoms. The predicted molar refractivity (Wildman–Crippen MR) is 44.0 cm³/mol. The second kappa shape index (κ2) is 4.04. The molecule has 0 aliphatic carbocycles. The Morgan fingerprint density at radius 3 is 2.45 bits per heavy atom. The predicted octanol–water partition coefficient (Wildman–Crippen LogP) is -0.850. The standard InChI is InChI=1S/C6H14N2O2S/c1-7-3-2-4-8(6-5-7)11(9)10/h11H,2-6H2,1H3. The second-order valence-corrected chi connectivity index (χ2v) is 3.89. The minimum Gasteiger partial charge on any atom is -0.305 e. The number of likely N-dealkylation sites (N-methyl/N-ethyl adjacent to an activating group) is 1. The minimum atomic E-state index is -2.35. The molecule has 1 saturated heterocycles. The fourth-order valence-electron chi connectivity index (χ4n) is 1.20. The Morgan fingerprint density at radius 1 is 1.09 bits per heavy atom. The maximum Gasteiger partial charge on any atom is 0.203 e. The maximum absolute atomic E-state index is 10.6. The van der Waals surface area contributed by atoms with Crippen molar-refractivity contribution in [1.29, 1.82) is 0 Å². The van der Waals surface area contributed by atoms with Gasteiger partial charge in [0.05, 0.1) is 0 Å². The van der Waals surface area contributed by atoms with Gasteiger partial charge in [-0.25, -0.2) is 12.7 Å². The Balaban J connectivity index is 2.46. The average molecular weight is 178 g/mol. The van der Waals surface area contributed by atoms with Gasteiger partial charge in [0, 0.05) is 19.6 Å². The van der Waals surface area contributed by atoms with E-state index in [2.05, 4.69) is 4.90 Å². The van der Waals surface area contributed by atoms with Crippen LogP contribution in [0.3, 0.4) is 0 Å². The van der Waals surface area contributed by atoms with Gasteiger partial charge >= 0.3 is 0 Å². The van der Waals surface area contributed by atoms with Crippen LogP contribution in [0.4, 0.5) is 0 Å². The zero-order chi connectivity index (χ0) is 8.27. The molecule has 0 unspecified atom stereocenters. The van der Waals surface area contributed by atoms with Crippen LogP contribution in [-0.2, 0) is 10.9 Å². The van der Waals surface area contributed by atoms with Gasteiger partial charge in [-0.05, 0) is 20.0 Å². The summed E-state index contributed by atoms with van der Waals surface area (Å²) in [5, 5.41) is 0. The lowest BCUT2D eigenvalue weighted by Crippen LogP contribution is -2.27. The molecule has 0 saturated carbocycles. The van der Waals surface area contributed by atoms with Gasteiger partial charge in [-0.1, -0.05) is 0 Å². The molecule has 4 nitrogen and oxygen atoms in total. The Kier molecular flexibility index (Phi) is 3.29. The Labute approximate surface area is 68.9 Å². The number of hydrogen-bond donors (Lipinski definition) is 1. The SMILES string of the molecule is CN1CCCN([SH](=O)=O)CC1. The third-order valence-electron chi connectivity index (χ3n) is 1.93. The molecule has 0 aromatic carbocycles. The van der Waals surface area contributed by atoms with Crippen LogP contribution in [-0.4, -0.2) is 50.8 Å². The number of rotatable bonds is 1. The van der Waals surface area contributed by atoms with Gasteiger partial charge < -0.3 is 4.90 Å². The summed E-state index contributed by atoms with van der Waals surface area (Å²) < 4.78 is 22.6. The smallest absolute Gasteiger partial charge is 0.203 e. The van der Waals surface area contributed by atoms with Crippen LogP contribution in [0.25, 0.3) is 0 Å². The highest BCUT2D eigenvalue weighted by molar-refractivity contribution is 7.69. The summed E-state index contributed by atoms with van der Waals surface area (Å²) in [5.74, 6) is 0. The zero-order valence-corrected chi connectivity index (χ0v) is 7.59. The lowest BCUT2D eigenvalue weighted by Gasteiger charge is -2.12. The van der Waals surface area contributed by atoms with Crippen molar-refractivity contribution < 1.29 is 8.42 Å². The molecule has 11 heavy (non-hydrogen) atoms. The van der Waals surface area contributed by atoms with Crippen molar-refractivity contribution in [2.75, 3.05) is 33.2 Å². The lowest BCUT2D eigenvalue weighted by molar-refractivity contribution is 0.349. The quantitative estimate of drug-likeness (QED) is 0.532. The molecule has 0 atom stereocenters. The van der Waals surface area contributed by atoms with Gasteiger partial charge in [-0.15, -0.1) is 0 Å². The van der Waals surface area contributed by atoms with Crippen molar-refractivity contribution in [3.63, 3.8) is 0 Å². The minimum absolute atomic E-state index is 0.648. The Bertz CT molecular complexity index is 185. The molecule has 1 fully saturated rings. The van der Waals surface area contributed by atoms with E-state index >= 15 is 0 Å². The molecule has 0 N–H and O–H groups in total. The summed E-state index contributed by atoms with van der Waals surface area (Å²) in [6.07, 6.45) is 0.944. The fraction of sp³-hybridized carbons (Fsp3) is 1.00. The third-order valence-corrected chi connectivity index (χ3v) is 2.79. The summed E-state index contributed by atoms with van der Waals surface area (Å²) in [5.41, 5.74) is 0. The molecule has 1 rings (SSSR count). The van der Waals surface area contributed by atoms with Gasteiger partial charge in [0.1, 0.15) is 0 Å². The molecule has 0 aromatic heterocycles. The molecule has 0 aromatic rings. The summed E-state index contributed by atoms with van der Waals surface area (Å²) in [7, 11) is -0.333. The molecular formula is C6H14N2O2S. The molecule has 1 aliphatic heterocycles. The number of nitrogens with zero attached hydrogens (tertiary/aromatic N) is 2. The second-order valence-electron chi connectivity index (χ2n) is 2.85. The van der Waals surface area contributed by atoms with Crippen LogP contribution in [0.15, 0.2) is 0 Å². The first-order valence-corrected chi connectivity index (χ1v) is 4.91. The molecule has 0 radical (unpaired) electrons.